The second kappa shape index (κ2) is 5.08. The Balaban J connectivity index is 2.98. The van der Waals surface area contributed by atoms with Crippen LogP contribution >= 0.6 is 0 Å². The summed E-state index contributed by atoms with van der Waals surface area (Å²) in [5, 5.41) is 0. The SMILES string of the molecule is O=C(F)OCCCC(F)F. The Kier molecular flexibility index (Phi) is 4.70. The van der Waals surface area contributed by atoms with Crippen molar-refractivity contribution in [3.05, 3.63) is 0 Å². The molecule has 5 heteroatoms. The summed E-state index contributed by atoms with van der Waals surface area (Å²) in [6.07, 6.45) is -4.71. The molecule has 0 N–H and O–H groups in total. The normalized spacial score (nSPS) is 10.0. The molecule has 0 unspecified atom stereocenters. The number of carbonyl (C=O) groups is 1. The first-order valence-corrected chi connectivity index (χ1v) is 2.73. The van der Waals surface area contributed by atoms with E-state index in [1.807, 2.05) is 0 Å². The summed E-state index contributed by atoms with van der Waals surface area (Å²) in [6, 6.07) is 0. The maximum Gasteiger partial charge on any atom is 0.495 e. The maximum atomic E-state index is 11.3. The van der Waals surface area contributed by atoms with Crippen molar-refractivity contribution in [2.75, 3.05) is 6.61 Å². The molecule has 0 saturated heterocycles. The lowest BCUT2D eigenvalue weighted by molar-refractivity contribution is 0.0976. The van der Waals surface area contributed by atoms with Gasteiger partial charge in [0.2, 0.25) is 6.43 Å². The minimum Gasteiger partial charge on any atom is -0.440 e. The molecule has 0 saturated carbocycles. The average Bonchev–Trinajstić information content (AvgIpc) is 1.79. The van der Waals surface area contributed by atoms with Gasteiger partial charge in [-0.1, -0.05) is 0 Å². The molecule has 0 aliphatic heterocycles. The molecule has 0 aliphatic rings. The fourth-order valence-electron chi connectivity index (χ4n) is 0.390. The van der Waals surface area contributed by atoms with Crippen molar-refractivity contribution in [2.45, 2.75) is 19.3 Å². The molecule has 0 radical (unpaired) electrons. The number of hydrogen-bond donors (Lipinski definition) is 0. The average molecular weight is 156 g/mol. The predicted molar refractivity (Wildman–Crippen MR) is 27.7 cm³/mol. The van der Waals surface area contributed by atoms with Crippen molar-refractivity contribution in [1.82, 2.24) is 0 Å². The molecule has 0 amide bonds. The van der Waals surface area contributed by atoms with Gasteiger partial charge in [-0.15, -0.1) is 4.39 Å². The van der Waals surface area contributed by atoms with Crippen LogP contribution in [0.15, 0.2) is 0 Å². The maximum absolute atomic E-state index is 11.3. The molecule has 0 aromatic rings. The molecule has 0 fully saturated rings. The topological polar surface area (TPSA) is 26.3 Å². The van der Waals surface area contributed by atoms with E-state index in [4.69, 9.17) is 0 Å². The second-order valence-electron chi connectivity index (χ2n) is 1.62. The quantitative estimate of drug-likeness (QED) is 0.460. The van der Waals surface area contributed by atoms with E-state index in [-0.39, 0.29) is 19.4 Å². The Morgan fingerprint density at radius 2 is 2.10 bits per heavy atom. The Morgan fingerprint density at radius 3 is 2.50 bits per heavy atom. The fourth-order valence-corrected chi connectivity index (χ4v) is 0.390. The van der Waals surface area contributed by atoms with Gasteiger partial charge in [-0.25, -0.2) is 13.6 Å². The van der Waals surface area contributed by atoms with Crippen molar-refractivity contribution < 1.29 is 22.7 Å². The van der Waals surface area contributed by atoms with Crippen molar-refractivity contribution in [1.29, 1.82) is 0 Å². The Hall–Kier alpha value is -0.740. The summed E-state index contributed by atoms with van der Waals surface area (Å²) in [6.45, 7) is -0.278. The highest BCUT2D eigenvalue weighted by Crippen LogP contribution is 2.02. The second-order valence-corrected chi connectivity index (χ2v) is 1.62. The first-order valence-electron chi connectivity index (χ1n) is 2.73. The van der Waals surface area contributed by atoms with Crippen LogP contribution in [-0.4, -0.2) is 19.3 Å². The third-order valence-electron chi connectivity index (χ3n) is 0.782. The highest BCUT2D eigenvalue weighted by molar-refractivity contribution is 5.57. The monoisotopic (exact) mass is 156 g/mol. The van der Waals surface area contributed by atoms with Crippen LogP contribution in [0.3, 0.4) is 0 Å². The lowest BCUT2D eigenvalue weighted by Gasteiger charge is -1.97. The largest absolute Gasteiger partial charge is 0.495 e. The van der Waals surface area contributed by atoms with E-state index in [0.29, 0.717) is 0 Å². The van der Waals surface area contributed by atoms with Gasteiger partial charge in [0.1, 0.15) is 0 Å². The molecule has 0 atom stereocenters. The minimum absolute atomic E-state index is 0.00662. The molecule has 0 aromatic heterocycles. The molecule has 0 spiro atoms. The van der Waals surface area contributed by atoms with Crippen LogP contribution in [0, 0.1) is 0 Å². The van der Waals surface area contributed by atoms with Crippen LogP contribution in [0.5, 0.6) is 0 Å². The van der Waals surface area contributed by atoms with Crippen molar-refractivity contribution in [3.8, 4) is 0 Å². The van der Waals surface area contributed by atoms with Gasteiger partial charge in [0.25, 0.3) is 0 Å². The Labute approximate surface area is 56.0 Å². The van der Waals surface area contributed by atoms with E-state index < -0.39 is 12.6 Å². The molecule has 60 valence electrons. The Bertz CT molecular complexity index is 105. The van der Waals surface area contributed by atoms with Crippen LogP contribution in [0.2, 0.25) is 0 Å². The van der Waals surface area contributed by atoms with Crippen LogP contribution in [0.25, 0.3) is 0 Å². The van der Waals surface area contributed by atoms with Crippen molar-refractivity contribution >= 4 is 6.22 Å². The summed E-state index contributed by atoms with van der Waals surface area (Å²) in [4.78, 5) is 9.41. The van der Waals surface area contributed by atoms with Crippen LogP contribution in [0.1, 0.15) is 12.8 Å². The summed E-state index contributed by atoms with van der Waals surface area (Å²) in [7, 11) is 0. The number of carbonyl (C=O) groups excluding carboxylic acids is 1. The third kappa shape index (κ3) is 7.26. The number of ether oxygens (including phenoxy) is 1. The fraction of sp³-hybridized carbons (Fsp3) is 0.800. The molecule has 10 heavy (non-hydrogen) atoms. The van der Waals surface area contributed by atoms with Gasteiger partial charge in [-0.3, -0.25) is 0 Å². The Morgan fingerprint density at radius 1 is 1.50 bits per heavy atom. The molecule has 0 rings (SSSR count). The van der Waals surface area contributed by atoms with E-state index in [1.165, 1.54) is 0 Å². The number of halogens is 3. The van der Waals surface area contributed by atoms with Crippen molar-refractivity contribution in [3.63, 3.8) is 0 Å². The van der Waals surface area contributed by atoms with E-state index in [1.54, 1.807) is 0 Å². The predicted octanol–water partition coefficient (Wildman–Crippen LogP) is 2.14. The molecular weight excluding hydrogens is 149 g/mol. The van der Waals surface area contributed by atoms with Crippen LogP contribution in [-0.2, 0) is 4.74 Å². The first-order chi connectivity index (χ1) is 4.63. The number of alkyl halides is 2. The van der Waals surface area contributed by atoms with Gasteiger partial charge in [0.15, 0.2) is 0 Å². The van der Waals surface area contributed by atoms with Gasteiger partial charge >= 0.3 is 6.22 Å². The summed E-state index contributed by atoms with van der Waals surface area (Å²) < 4.78 is 37.6. The van der Waals surface area contributed by atoms with Crippen molar-refractivity contribution in [2.24, 2.45) is 0 Å². The summed E-state index contributed by atoms with van der Waals surface area (Å²) in [5.74, 6) is 0. The molecule has 0 heterocycles. The van der Waals surface area contributed by atoms with Crippen LogP contribution < -0.4 is 0 Å². The van der Waals surface area contributed by atoms with Gasteiger partial charge in [0, 0.05) is 6.42 Å². The molecule has 2 nitrogen and oxygen atoms in total. The van der Waals surface area contributed by atoms with Gasteiger partial charge in [-0.2, -0.15) is 0 Å². The zero-order chi connectivity index (χ0) is 7.98. The highest BCUT2D eigenvalue weighted by atomic mass is 19.3. The lowest BCUT2D eigenvalue weighted by atomic mass is 10.3. The van der Waals surface area contributed by atoms with Gasteiger partial charge in [-0.05, 0) is 6.42 Å². The molecule has 0 aromatic carbocycles. The lowest BCUT2D eigenvalue weighted by Crippen LogP contribution is -1.99. The summed E-state index contributed by atoms with van der Waals surface area (Å²) >= 11 is 0. The molecule has 0 aliphatic carbocycles. The van der Waals surface area contributed by atoms with Gasteiger partial charge in [0.05, 0.1) is 6.61 Å². The molecular formula is C5H7F3O2. The third-order valence-corrected chi connectivity index (χ3v) is 0.782. The van der Waals surface area contributed by atoms with Crippen LogP contribution in [0.4, 0.5) is 18.0 Å². The van der Waals surface area contributed by atoms with E-state index in [2.05, 4.69) is 4.74 Å². The highest BCUT2D eigenvalue weighted by Gasteiger charge is 2.02. The summed E-state index contributed by atoms with van der Waals surface area (Å²) in [5.41, 5.74) is 0. The van der Waals surface area contributed by atoms with Gasteiger partial charge < -0.3 is 4.74 Å². The first kappa shape index (κ1) is 9.26. The van der Waals surface area contributed by atoms with E-state index >= 15 is 0 Å². The zero-order valence-electron chi connectivity index (χ0n) is 5.15. The van der Waals surface area contributed by atoms with E-state index in [0.717, 1.165) is 0 Å². The smallest absolute Gasteiger partial charge is 0.440 e. The molecule has 0 bridgehead atoms. The minimum atomic E-state index is -2.42. The standard InChI is InChI=1S/C5H7F3O2/c6-4(7)2-1-3-10-5(8)9/h4H,1-3H2. The number of rotatable bonds is 4. The number of hydrogen-bond acceptors (Lipinski definition) is 2. The zero-order valence-corrected chi connectivity index (χ0v) is 5.15. The van der Waals surface area contributed by atoms with E-state index in [9.17, 15) is 18.0 Å².